The number of benzene rings is 1. The average Bonchev–Trinajstić information content (AvgIpc) is 3.49. The predicted octanol–water partition coefficient (Wildman–Crippen LogP) is 4.00. The molecule has 200 valence electrons. The largest absolute Gasteiger partial charge is 0.296 e. The van der Waals surface area contributed by atoms with Crippen molar-refractivity contribution < 1.29 is 27.6 Å². The van der Waals surface area contributed by atoms with E-state index in [2.05, 4.69) is 15.0 Å². The summed E-state index contributed by atoms with van der Waals surface area (Å²) in [4.78, 5) is 56.4. The number of carbonyl (C=O) groups is 3. The highest BCUT2D eigenvalue weighted by molar-refractivity contribution is 6.12. The molecule has 6 rings (SSSR count). The summed E-state index contributed by atoms with van der Waals surface area (Å²) in [5.41, 5.74) is -0.357. The number of pyridine rings is 1. The third-order valence-electron chi connectivity index (χ3n) is 7.93. The van der Waals surface area contributed by atoms with Gasteiger partial charge in [-0.25, -0.2) is 18.2 Å². The van der Waals surface area contributed by atoms with Crippen LogP contribution in [0.3, 0.4) is 0 Å². The molecule has 2 amide bonds. The van der Waals surface area contributed by atoms with Crippen molar-refractivity contribution in [2.24, 2.45) is 5.92 Å². The highest BCUT2D eigenvalue weighted by atomic mass is 19.3. The fourth-order valence-corrected chi connectivity index (χ4v) is 6.20. The number of hydrogen-bond acceptors (Lipinski definition) is 6. The number of nitrogens with zero attached hydrogens (tertiary/aromatic N) is 5. The lowest BCUT2D eigenvalue weighted by Gasteiger charge is -2.46. The van der Waals surface area contributed by atoms with Gasteiger partial charge in [-0.2, -0.15) is 0 Å². The predicted molar refractivity (Wildman–Crippen MR) is 133 cm³/mol. The Hall–Kier alpha value is -4.15. The Morgan fingerprint density at radius 1 is 1.03 bits per heavy atom. The molecule has 3 aliphatic rings. The summed E-state index contributed by atoms with van der Waals surface area (Å²) < 4.78 is 42.5. The monoisotopic (exact) mass is 535 g/mol. The van der Waals surface area contributed by atoms with Crippen LogP contribution in [0.5, 0.6) is 0 Å². The van der Waals surface area contributed by atoms with E-state index in [1.807, 2.05) is 6.07 Å². The van der Waals surface area contributed by atoms with E-state index in [9.17, 15) is 27.6 Å². The van der Waals surface area contributed by atoms with Crippen molar-refractivity contribution >= 4 is 29.1 Å². The first-order valence-electron chi connectivity index (χ1n) is 12.7. The molecule has 2 atom stereocenters. The number of hydrogen-bond donors (Lipinski definition) is 0. The molecule has 8 nitrogen and oxygen atoms in total. The van der Waals surface area contributed by atoms with Gasteiger partial charge < -0.3 is 0 Å². The quantitative estimate of drug-likeness (QED) is 0.474. The molecule has 39 heavy (non-hydrogen) atoms. The molecule has 1 aliphatic heterocycles. The Labute approximate surface area is 221 Å². The van der Waals surface area contributed by atoms with Crippen molar-refractivity contribution in [2.75, 3.05) is 9.80 Å². The number of Topliss-reactive ketones (excluding diaryl/α,β-unsaturated/α-hetero) is 1. The molecule has 0 unspecified atom stereocenters. The highest BCUT2D eigenvalue weighted by Gasteiger charge is 2.60. The Balaban J connectivity index is 1.52. The number of fused-ring (bicyclic) bond motifs is 1. The maximum atomic E-state index is 14.6. The van der Waals surface area contributed by atoms with Crippen LogP contribution in [0, 0.1) is 11.7 Å². The standard InChI is InChI=1S/C28H24F3N5O3/c29-19-11-20(15-33-14-19)36(26(39)22-5-6-24(37)35(22)23-16-32-9-10-34-23)28(25(38)18-12-27(30,31)13-18)8-7-17-3-1-2-4-21(17)28/h1-4,9-11,14-16,18,22H,5-8,12-13H2/t22-,28+/m0/s1. The van der Waals surface area contributed by atoms with E-state index < -0.39 is 53.8 Å². The van der Waals surface area contributed by atoms with Gasteiger partial charge in [-0.3, -0.25) is 34.2 Å². The lowest BCUT2D eigenvalue weighted by atomic mass is 9.69. The third kappa shape index (κ3) is 4.07. The Bertz CT molecular complexity index is 1460. The smallest absolute Gasteiger partial charge is 0.251 e. The molecule has 2 aliphatic carbocycles. The molecular weight excluding hydrogens is 511 g/mol. The van der Waals surface area contributed by atoms with Crippen LogP contribution in [-0.2, 0) is 26.3 Å². The van der Waals surface area contributed by atoms with Gasteiger partial charge in [0.15, 0.2) is 11.6 Å². The van der Waals surface area contributed by atoms with Crippen LogP contribution in [0.2, 0.25) is 0 Å². The summed E-state index contributed by atoms with van der Waals surface area (Å²) in [5, 5.41) is 0. The van der Waals surface area contributed by atoms with E-state index >= 15 is 0 Å². The van der Waals surface area contributed by atoms with Crippen LogP contribution < -0.4 is 9.80 Å². The van der Waals surface area contributed by atoms with Crippen molar-refractivity contribution in [3.8, 4) is 0 Å². The first-order chi connectivity index (χ1) is 18.7. The van der Waals surface area contributed by atoms with E-state index in [4.69, 9.17) is 0 Å². The van der Waals surface area contributed by atoms with Gasteiger partial charge in [-0.1, -0.05) is 24.3 Å². The van der Waals surface area contributed by atoms with Gasteiger partial charge >= 0.3 is 0 Å². The molecule has 1 saturated carbocycles. The molecule has 3 heterocycles. The van der Waals surface area contributed by atoms with Gasteiger partial charge in [0.1, 0.15) is 17.4 Å². The van der Waals surface area contributed by atoms with Crippen molar-refractivity contribution in [3.63, 3.8) is 0 Å². The van der Waals surface area contributed by atoms with E-state index in [0.717, 1.165) is 17.8 Å². The number of aromatic nitrogens is 3. The minimum Gasteiger partial charge on any atom is -0.296 e. The number of halogens is 3. The molecule has 2 fully saturated rings. The van der Waals surface area contributed by atoms with Gasteiger partial charge in [-0.15, -0.1) is 0 Å². The normalized spacial score (nSPS) is 23.8. The maximum absolute atomic E-state index is 14.6. The average molecular weight is 536 g/mol. The molecule has 2 aromatic heterocycles. The van der Waals surface area contributed by atoms with Crippen LogP contribution in [0.4, 0.5) is 24.7 Å². The van der Waals surface area contributed by atoms with Crippen molar-refractivity contribution in [3.05, 3.63) is 78.3 Å². The SMILES string of the molecule is O=C1CC[C@@H](C(=O)N(c2cncc(F)c2)[C@]2(C(=O)C3CC(F)(F)C3)CCc3ccccc32)N1c1cnccn1. The van der Waals surface area contributed by atoms with Crippen LogP contribution in [0.25, 0.3) is 0 Å². The second kappa shape index (κ2) is 9.25. The van der Waals surface area contributed by atoms with E-state index in [-0.39, 0.29) is 36.7 Å². The first-order valence-corrected chi connectivity index (χ1v) is 12.7. The highest BCUT2D eigenvalue weighted by Crippen LogP contribution is 2.52. The second-order valence-electron chi connectivity index (χ2n) is 10.3. The Kier molecular flexibility index (Phi) is 5.96. The zero-order valence-electron chi connectivity index (χ0n) is 20.8. The molecule has 0 radical (unpaired) electrons. The van der Waals surface area contributed by atoms with Crippen molar-refractivity contribution in [1.82, 2.24) is 15.0 Å². The molecule has 11 heteroatoms. The maximum Gasteiger partial charge on any atom is 0.251 e. The Morgan fingerprint density at radius 3 is 2.54 bits per heavy atom. The summed E-state index contributed by atoms with van der Waals surface area (Å²) in [7, 11) is 0. The van der Waals surface area contributed by atoms with Crippen LogP contribution in [0.15, 0.2) is 61.3 Å². The minimum absolute atomic E-state index is 0.00887. The van der Waals surface area contributed by atoms with Crippen molar-refractivity contribution in [1.29, 1.82) is 0 Å². The Morgan fingerprint density at radius 2 is 1.82 bits per heavy atom. The fraction of sp³-hybridized carbons (Fsp3) is 0.357. The van der Waals surface area contributed by atoms with Gasteiger partial charge in [0.2, 0.25) is 11.8 Å². The number of ketones is 1. The summed E-state index contributed by atoms with van der Waals surface area (Å²) in [5.74, 6) is -6.03. The number of aryl methyl sites for hydroxylation is 1. The van der Waals surface area contributed by atoms with Crippen molar-refractivity contribution in [2.45, 2.75) is 56.0 Å². The summed E-state index contributed by atoms with van der Waals surface area (Å²) >= 11 is 0. The number of alkyl halides is 2. The summed E-state index contributed by atoms with van der Waals surface area (Å²) in [6.07, 6.45) is 5.91. The molecule has 0 spiro atoms. The molecular formula is C28H24F3N5O3. The van der Waals surface area contributed by atoms with E-state index in [1.54, 1.807) is 18.2 Å². The topological polar surface area (TPSA) is 96.4 Å². The van der Waals surface area contributed by atoms with Gasteiger partial charge in [-0.05, 0) is 30.4 Å². The van der Waals surface area contributed by atoms with E-state index in [0.29, 0.717) is 12.0 Å². The molecule has 0 N–H and O–H groups in total. The molecule has 1 aromatic carbocycles. The zero-order valence-corrected chi connectivity index (χ0v) is 20.8. The fourth-order valence-electron chi connectivity index (χ4n) is 6.20. The van der Waals surface area contributed by atoms with Gasteiger partial charge in [0.25, 0.3) is 5.91 Å². The third-order valence-corrected chi connectivity index (χ3v) is 7.93. The van der Waals surface area contributed by atoms with Crippen LogP contribution in [0.1, 0.15) is 43.2 Å². The van der Waals surface area contributed by atoms with E-state index in [1.165, 1.54) is 34.6 Å². The number of amides is 2. The summed E-state index contributed by atoms with van der Waals surface area (Å²) in [6.45, 7) is 0. The first kappa shape index (κ1) is 25.1. The summed E-state index contributed by atoms with van der Waals surface area (Å²) in [6, 6.07) is 7.09. The molecule has 3 aromatic rings. The molecule has 0 bridgehead atoms. The second-order valence-corrected chi connectivity index (χ2v) is 10.3. The number of anilines is 2. The molecule has 1 saturated heterocycles. The van der Waals surface area contributed by atoms with Crippen LogP contribution >= 0.6 is 0 Å². The minimum atomic E-state index is -2.96. The van der Waals surface area contributed by atoms with Gasteiger partial charge in [0.05, 0.1) is 24.3 Å². The van der Waals surface area contributed by atoms with Gasteiger partial charge in [0, 0.05) is 43.6 Å². The lowest BCUT2D eigenvalue weighted by molar-refractivity contribution is -0.154. The lowest BCUT2D eigenvalue weighted by Crippen LogP contribution is -2.61. The number of carbonyl (C=O) groups excluding carboxylic acids is 3. The zero-order chi connectivity index (χ0) is 27.4. The van der Waals surface area contributed by atoms with Crippen LogP contribution in [-0.4, -0.2) is 44.5 Å². The number of rotatable bonds is 6.